The average Bonchev–Trinajstić information content (AvgIpc) is 3.07. The minimum absolute atomic E-state index is 0.993. The van der Waals surface area contributed by atoms with E-state index in [9.17, 15) is 0 Å². The summed E-state index contributed by atoms with van der Waals surface area (Å²) in [6.07, 6.45) is 5.06. The van der Waals surface area contributed by atoms with E-state index < -0.39 is 0 Å². The molecule has 0 amide bonds. The summed E-state index contributed by atoms with van der Waals surface area (Å²) in [5, 5.41) is 3.55. The van der Waals surface area contributed by atoms with Gasteiger partial charge in [0.05, 0.1) is 0 Å². The first-order valence-electron chi connectivity index (χ1n) is 7.00. The number of nitrogens with zero attached hydrogens (tertiary/aromatic N) is 2. The van der Waals surface area contributed by atoms with Crippen molar-refractivity contribution in [3.63, 3.8) is 0 Å². The van der Waals surface area contributed by atoms with Gasteiger partial charge in [-0.05, 0) is 47.5 Å². The quantitative estimate of drug-likeness (QED) is 0.780. The van der Waals surface area contributed by atoms with Crippen LogP contribution in [-0.2, 0) is 19.5 Å². The zero-order valence-electron chi connectivity index (χ0n) is 11.5. The van der Waals surface area contributed by atoms with Crippen molar-refractivity contribution in [1.29, 1.82) is 0 Å². The SMILES string of the molecule is Cc1csc2c1CCN(Cc1ccnc3[nH]ccc13)C2. The Kier molecular flexibility index (Phi) is 2.86. The maximum Gasteiger partial charge on any atom is 0.137 e. The van der Waals surface area contributed by atoms with Gasteiger partial charge in [0.15, 0.2) is 0 Å². The number of pyridine rings is 1. The number of H-pyrrole nitrogens is 1. The molecule has 0 atom stereocenters. The molecule has 0 fully saturated rings. The monoisotopic (exact) mass is 283 g/mol. The van der Waals surface area contributed by atoms with Crippen molar-refractivity contribution in [1.82, 2.24) is 14.9 Å². The van der Waals surface area contributed by atoms with Crippen molar-refractivity contribution >= 4 is 22.4 Å². The van der Waals surface area contributed by atoms with E-state index >= 15 is 0 Å². The number of hydrogen-bond donors (Lipinski definition) is 1. The predicted molar refractivity (Wildman–Crippen MR) is 83.0 cm³/mol. The second kappa shape index (κ2) is 4.72. The second-order valence-electron chi connectivity index (χ2n) is 5.49. The fourth-order valence-corrected chi connectivity index (χ4v) is 4.20. The predicted octanol–water partition coefficient (Wildman–Crippen LogP) is 3.49. The molecule has 102 valence electrons. The lowest BCUT2D eigenvalue weighted by Crippen LogP contribution is -2.29. The van der Waals surface area contributed by atoms with Gasteiger partial charge in [-0.15, -0.1) is 11.3 Å². The Hall–Kier alpha value is -1.65. The molecule has 4 heteroatoms. The van der Waals surface area contributed by atoms with Crippen molar-refractivity contribution in [2.45, 2.75) is 26.4 Å². The molecule has 3 nitrogen and oxygen atoms in total. The van der Waals surface area contributed by atoms with Crippen LogP contribution in [0.4, 0.5) is 0 Å². The third-order valence-corrected chi connectivity index (χ3v) is 5.31. The molecule has 20 heavy (non-hydrogen) atoms. The van der Waals surface area contributed by atoms with Gasteiger partial charge in [-0.3, -0.25) is 4.90 Å². The number of nitrogens with one attached hydrogen (secondary N) is 1. The van der Waals surface area contributed by atoms with Crippen LogP contribution in [0.5, 0.6) is 0 Å². The van der Waals surface area contributed by atoms with E-state index in [1.807, 2.05) is 23.7 Å². The fraction of sp³-hybridized carbons (Fsp3) is 0.312. The Labute approximate surface area is 122 Å². The number of thiophene rings is 1. The lowest BCUT2D eigenvalue weighted by Gasteiger charge is -2.27. The molecule has 0 bridgehead atoms. The van der Waals surface area contributed by atoms with Crippen LogP contribution in [0.15, 0.2) is 29.9 Å². The smallest absolute Gasteiger partial charge is 0.137 e. The highest BCUT2D eigenvalue weighted by molar-refractivity contribution is 7.10. The molecule has 1 aliphatic heterocycles. The molecule has 4 heterocycles. The van der Waals surface area contributed by atoms with Crippen molar-refractivity contribution in [3.8, 4) is 0 Å². The van der Waals surface area contributed by atoms with Gasteiger partial charge in [0.2, 0.25) is 0 Å². The summed E-state index contributed by atoms with van der Waals surface area (Å²) in [7, 11) is 0. The van der Waals surface area contributed by atoms with Crippen LogP contribution in [0, 0.1) is 6.92 Å². The summed E-state index contributed by atoms with van der Waals surface area (Å²) in [6, 6.07) is 4.27. The topological polar surface area (TPSA) is 31.9 Å². The molecule has 1 aliphatic rings. The lowest BCUT2D eigenvalue weighted by molar-refractivity contribution is 0.249. The van der Waals surface area contributed by atoms with Gasteiger partial charge in [-0.1, -0.05) is 0 Å². The van der Waals surface area contributed by atoms with E-state index in [1.54, 1.807) is 10.4 Å². The number of aromatic amines is 1. The standard InChI is InChI=1S/C16H17N3S/c1-11-10-20-15-9-19(7-4-13(11)15)8-12-2-5-17-16-14(12)3-6-18-16/h2-3,5-6,10H,4,7-9H2,1H3,(H,17,18). The summed E-state index contributed by atoms with van der Waals surface area (Å²) in [5.41, 5.74) is 5.43. The average molecular weight is 283 g/mol. The Morgan fingerprint density at radius 3 is 3.30 bits per heavy atom. The van der Waals surface area contributed by atoms with Crippen LogP contribution in [0.1, 0.15) is 21.6 Å². The highest BCUT2D eigenvalue weighted by atomic mass is 32.1. The van der Waals surface area contributed by atoms with Crippen LogP contribution in [0.3, 0.4) is 0 Å². The molecular weight excluding hydrogens is 266 g/mol. The molecule has 4 rings (SSSR count). The van der Waals surface area contributed by atoms with Crippen LogP contribution < -0.4 is 0 Å². The fourth-order valence-electron chi connectivity index (χ4n) is 3.07. The molecular formula is C16H17N3S. The molecule has 0 saturated carbocycles. The molecule has 0 aromatic carbocycles. The van der Waals surface area contributed by atoms with E-state index in [1.165, 1.54) is 22.9 Å². The highest BCUT2D eigenvalue weighted by Gasteiger charge is 2.19. The first-order valence-corrected chi connectivity index (χ1v) is 7.88. The summed E-state index contributed by atoms with van der Waals surface area (Å²) in [6.45, 7) is 5.48. The Morgan fingerprint density at radius 2 is 2.35 bits per heavy atom. The van der Waals surface area contributed by atoms with Gasteiger partial charge in [-0.2, -0.15) is 0 Å². The van der Waals surface area contributed by atoms with E-state index in [0.29, 0.717) is 0 Å². The Balaban J connectivity index is 1.60. The highest BCUT2D eigenvalue weighted by Crippen LogP contribution is 2.29. The molecule has 3 aromatic rings. The molecule has 0 unspecified atom stereocenters. The maximum absolute atomic E-state index is 4.36. The van der Waals surface area contributed by atoms with Gasteiger partial charge in [0.25, 0.3) is 0 Å². The van der Waals surface area contributed by atoms with Crippen LogP contribution in [0.25, 0.3) is 11.0 Å². The molecule has 0 saturated heterocycles. The maximum atomic E-state index is 4.36. The minimum Gasteiger partial charge on any atom is -0.346 e. The normalized spacial score (nSPS) is 15.7. The summed E-state index contributed by atoms with van der Waals surface area (Å²) >= 11 is 1.91. The molecule has 0 spiro atoms. The minimum atomic E-state index is 0.993. The number of aromatic nitrogens is 2. The van der Waals surface area contributed by atoms with Crippen molar-refractivity contribution in [2.24, 2.45) is 0 Å². The van der Waals surface area contributed by atoms with Crippen LogP contribution in [0.2, 0.25) is 0 Å². The van der Waals surface area contributed by atoms with Crippen LogP contribution >= 0.6 is 11.3 Å². The first-order chi connectivity index (χ1) is 9.81. The molecule has 0 aliphatic carbocycles. The van der Waals surface area contributed by atoms with E-state index in [2.05, 4.69) is 39.3 Å². The third kappa shape index (κ3) is 1.96. The zero-order chi connectivity index (χ0) is 13.5. The first kappa shape index (κ1) is 12.1. The van der Waals surface area contributed by atoms with E-state index in [0.717, 1.165) is 25.3 Å². The molecule has 1 N–H and O–H groups in total. The molecule has 0 radical (unpaired) electrons. The zero-order valence-corrected chi connectivity index (χ0v) is 12.3. The summed E-state index contributed by atoms with van der Waals surface area (Å²) < 4.78 is 0. The van der Waals surface area contributed by atoms with Gasteiger partial charge < -0.3 is 4.98 Å². The lowest BCUT2D eigenvalue weighted by atomic mass is 10.0. The van der Waals surface area contributed by atoms with Gasteiger partial charge in [0.1, 0.15) is 5.65 Å². The number of hydrogen-bond acceptors (Lipinski definition) is 3. The van der Waals surface area contributed by atoms with Crippen molar-refractivity contribution < 1.29 is 0 Å². The van der Waals surface area contributed by atoms with E-state index in [-0.39, 0.29) is 0 Å². The van der Waals surface area contributed by atoms with E-state index in [4.69, 9.17) is 0 Å². The third-order valence-electron chi connectivity index (χ3n) is 4.18. The van der Waals surface area contributed by atoms with Crippen LogP contribution in [-0.4, -0.2) is 21.4 Å². The van der Waals surface area contributed by atoms with Crippen molar-refractivity contribution in [3.05, 3.63) is 51.5 Å². The molecule has 3 aromatic heterocycles. The van der Waals surface area contributed by atoms with Gasteiger partial charge in [-0.25, -0.2) is 4.98 Å². The Morgan fingerprint density at radius 1 is 1.40 bits per heavy atom. The van der Waals surface area contributed by atoms with Crippen molar-refractivity contribution in [2.75, 3.05) is 6.54 Å². The number of aryl methyl sites for hydroxylation is 1. The Bertz CT molecular complexity index is 756. The number of fused-ring (bicyclic) bond motifs is 2. The number of rotatable bonds is 2. The summed E-state index contributed by atoms with van der Waals surface area (Å²) in [5.74, 6) is 0. The van der Waals surface area contributed by atoms with Gasteiger partial charge >= 0.3 is 0 Å². The van der Waals surface area contributed by atoms with Gasteiger partial charge in [0, 0.05) is 42.3 Å². The largest absolute Gasteiger partial charge is 0.346 e. The summed E-state index contributed by atoms with van der Waals surface area (Å²) in [4.78, 5) is 11.6. The second-order valence-corrected chi connectivity index (χ2v) is 6.46.